The molecular formula is C17H15Cl2N3O3S. The van der Waals surface area contributed by atoms with E-state index in [-0.39, 0.29) is 9.92 Å². The van der Waals surface area contributed by atoms with Crippen molar-refractivity contribution in [2.75, 3.05) is 31.1 Å². The van der Waals surface area contributed by atoms with Gasteiger partial charge < -0.3 is 9.32 Å². The van der Waals surface area contributed by atoms with Crippen LogP contribution in [-0.4, -0.2) is 43.9 Å². The first kappa shape index (κ1) is 17.6. The van der Waals surface area contributed by atoms with Gasteiger partial charge in [-0.1, -0.05) is 35.3 Å². The average Bonchev–Trinajstić information content (AvgIpc) is 3.08. The molecule has 0 amide bonds. The van der Waals surface area contributed by atoms with Gasteiger partial charge in [0.25, 0.3) is 6.01 Å². The Balaban J connectivity index is 1.53. The largest absolute Gasteiger partial charge is 0.423 e. The van der Waals surface area contributed by atoms with Crippen LogP contribution in [0.1, 0.15) is 0 Å². The molecule has 0 atom stereocenters. The third kappa shape index (κ3) is 3.16. The zero-order chi connectivity index (χ0) is 18.3. The summed E-state index contributed by atoms with van der Waals surface area (Å²) >= 11 is 12.0. The minimum atomic E-state index is -3.71. The predicted molar refractivity (Wildman–Crippen MR) is 101 cm³/mol. The second kappa shape index (κ2) is 6.74. The average molecular weight is 412 g/mol. The Morgan fingerprint density at radius 3 is 2.46 bits per heavy atom. The van der Waals surface area contributed by atoms with Gasteiger partial charge >= 0.3 is 0 Å². The fraction of sp³-hybridized carbons (Fsp3) is 0.235. The van der Waals surface area contributed by atoms with Gasteiger partial charge in [-0.15, -0.1) is 0 Å². The number of benzene rings is 2. The molecule has 0 spiro atoms. The van der Waals surface area contributed by atoms with Crippen molar-refractivity contribution in [2.45, 2.75) is 4.90 Å². The molecule has 2 aromatic carbocycles. The number of halogens is 2. The van der Waals surface area contributed by atoms with Crippen molar-refractivity contribution in [1.29, 1.82) is 0 Å². The summed E-state index contributed by atoms with van der Waals surface area (Å²) in [6.07, 6.45) is 0. The Bertz CT molecular complexity index is 1030. The Labute approximate surface area is 161 Å². The lowest BCUT2D eigenvalue weighted by molar-refractivity contribution is 0.374. The van der Waals surface area contributed by atoms with E-state index >= 15 is 0 Å². The summed E-state index contributed by atoms with van der Waals surface area (Å²) in [5, 5.41) is 0.494. The topological polar surface area (TPSA) is 66.7 Å². The van der Waals surface area contributed by atoms with E-state index in [1.54, 1.807) is 6.07 Å². The van der Waals surface area contributed by atoms with Crippen molar-refractivity contribution >= 4 is 50.3 Å². The van der Waals surface area contributed by atoms with Crippen molar-refractivity contribution in [3.8, 4) is 0 Å². The van der Waals surface area contributed by atoms with Crippen LogP contribution in [-0.2, 0) is 10.0 Å². The maximum Gasteiger partial charge on any atom is 0.298 e. The van der Waals surface area contributed by atoms with Crippen molar-refractivity contribution in [2.24, 2.45) is 0 Å². The van der Waals surface area contributed by atoms with Crippen molar-refractivity contribution in [1.82, 2.24) is 9.29 Å². The van der Waals surface area contributed by atoms with E-state index in [1.807, 2.05) is 29.2 Å². The van der Waals surface area contributed by atoms with Crippen LogP contribution in [0.15, 0.2) is 51.8 Å². The molecule has 0 bridgehead atoms. The van der Waals surface area contributed by atoms with E-state index in [9.17, 15) is 8.42 Å². The first-order valence-electron chi connectivity index (χ1n) is 8.01. The molecule has 1 saturated heterocycles. The second-order valence-electron chi connectivity index (χ2n) is 5.93. The summed E-state index contributed by atoms with van der Waals surface area (Å²) in [6, 6.07) is 12.5. The molecule has 2 heterocycles. The lowest BCUT2D eigenvalue weighted by Gasteiger charge is -2.33. The number of rotatable bonds is 3. The van der Waals surface area contributed by atoms with Gasteiger partial charge in [-0.2, -0.15) is 9.29 Å². The molecule has 6 nitrogen and oxygen atoms in total. The lowest BCUT2D eigenvalue weighted by Crippen LogP contribution is -2.48. The number of fused-ring (bicyclic) bond motifs is 1. The number of piperazine rings is 1. The third-order valence-corrected chi connectivity index (χ3v) is 6.92. The molecule has 0 N–H and O–H groups in total. The molecule has 1 aliphatic rings. The number of aromatic nitrogens is 1. The fourth-order valence-corrected chi connectivity index (χ4v) is 5.09. The molecular weight excluding hydrogens is 397 g/mol. The van der Waals surface area contributed by atoms with Crippen molar-refractivity contribution in [3.05, 3.63) is 52.5 Å². The number of sulfonamides is 1. The predicted octanol–water partition coefficient (Wildman–Crippen LogP) is 3.65. The van der Waals surface area contributed by atoms with Crippen LogP contribution in [0.3, 0.4) is 0 Å². The van der Waals surface area contributed by atoms with E-state index in [0.717, 1.165) is 5.52 Å². The molecule has 0 aliphatic carbocycles. The van der Waals surface area contributed by atoms with Gasteiger partial charge in [0.1, 0.15) is 10.4 Å². The van der Waals surface area contributed by atoms with Crippen LogP contribution in [0, 0.1) is 0 Å². The third-order valence-electron chi connectivity index (χ3n) is 4.30. The number of para-hydroxylation sites is 2. The molecule has 0 unspecified atom stereocenters. The maximum absolute atomic E-state index is 12.9. The molecule has 1 fully saturated rings. The van der Waals surface area contributed by atoms with Crippen LogP contribution in [0.4, 0.5) is 6.01 Å². The van der Waals surface area contributed by atoms with Gasteiger partial charge in [0, 0.05) is 31.2 Å². The standard InChI is InChI=1S/C17H15Cl2N3O3S/c18-12-5-6-13(19)16(11-12)26(23,24)22-9-7-21(8-10-22)17-20-14-3-1-2-4-15(14)25-17/h1-6,11H,7-10H2. The monoisotopic (exact) mass is 411 g/mol. The van der Waals surface area contributed by atoms with Crippen LogP contribution in [0.25, 0.3) is 11.1 Å². The summed E-state index contributed by atoms with van der Waals surface area (Å²) in [4.78, 5) is 6.43. The SMILES string of the molecule is O=S(=O)(c1cc(Cl)ccc1Cl)N1CCN(c2nc3ccccc3o2)CC1. The zero-order valence-corrected chi connectivity index (χ0v) is 15.9. The molecule has 4 rings (SSSR count). The molecule has 1 aliphatic heterocycles. The highest BCUT2D eigenvalue weighted by Crippen LogP contribution is 2.29. The van der Waals surface area contributed by atoms with Crippen molar-refractivity contribution in [3.63, 3.8) is 0 Å². The van der Waals surface area contributed by atoms with E-state index < -0.39 is 10.0 Å². The molecule has 9 heteroatoms. The second-order valence-corrected chi connectivity index (χ2v) is 8.68. The van der Waals surface area contributed by atoms with Gasteiger partial charge in [-0.05, 0) is 30.3 Å². The Morgan fingerprint density at radius 2 is 1.73 bits per heavy atom. The van der Waals surface area contributed by atoms with Gasteiger partial charge in [0.2, 0.25) is 10.0 Å². The summed E-state index contributed by atoms with van der Waals surface area (Å²) in [5.74, 6) is 0. The molecule has 0 radical (unpaired) electrons. The minimum absolute atomic E-state index is 0.0296. The zero-order valence-electron chi connectivity index (χ0n) is 13.6. The quantitative estimate of drug-likeness (QED) is 0.657. The highest BCUT2D eigenvalue weighted by Gasteiger charge is 2.31. The van der Waals surface area contributed by atoms with Crippen LogP contribution >= 0.6 is 23.2 Å². The minimum Gasteiger partial charge on any atom is -0.423 e. The number of hydrogen-bond acceptors (Lipinski definition) is 5. The smallest absolute Gasteiger partial charge is 0.298 e. The maximum atomic E-state index is 12.9. The first-order valence-corrected chi connectivity index (χ1v) is 10.2. The fourth-order valence-electron chi connectivity index (χ4n) is 2.93. The van der Waals surface area contributed by atoms with Gasteiger partial charge in [-0.3, -0.25) is 0 Å². The number of nitrogens with zero attached hydrogens (tertiary/aromatic N) is 3. The Morgan fingerprint density at radius 1 is 1.00 bits per heavy atom. The molecule has 1 aromatic heterocycles. The number of hydrogen-bond donors (Lipinski definition) is 0. The van der Waals surface area contributed by atoms with Crippen LogP contribution in [0.2, 0.25) is 10.0 Å². The van der Waals surface area contributed by atoms with E-state index in [1.165, 1.54) is 16.4 Å². The summed E-state index contributed by atoms with van der Waals surface area (Å²) in [6.45, 7) is 1.57. The number of anilines is 1. The van der Waals surface area contributed by atoms with E-state index in [2.05, 4.69) is 4.98 Å². The van der Waals surface area contributed by atoms with E-state index in [0.29, 0.717) is 42.8 Å². The first-order chi connectivity index (χ1) is 12.4. The molecule has 0 saturated carbocycles. The highest BCUT2D eigenvalue weighted by molar-refractivity contribution is 7.89. The molecule has 26 heavy (non-hydrogen) atoms. The number of oxazole rings is 1. The summed E-state index contributed by atoms with van der Waals surface area (Å²) < 4.78 is 32.9. The van der Waals surface area contributed by atoms with Crippen LogP contribution < -0.4 is 4.90 Å². The Hall–Kier alpha value is -1.80. The normalized spacial score (nSPS) is 16.3. The van der Waals surface area contributed by atoms with E-state index in [4.69, 9.17) is 27.6 Å². The van der Waals surface area contributed by atoms with Gasteiger partial charge in [0.15, 0.2) is 5.58 Å². The van der Waals surface area contributed by atoms with Gasteiger partial charge in [-0.25, -0.2) is 8.42 Å². The summed E-state index contributed by atoms with van der Waals surface area (Å²) in [5.41, 5.74) is 1.49. The lowest BCUT2D eigenvalue weighted by atomic mass is 10.3. The van der Waals surface area contributed by atoms with Gasteiger partial charge in [0.05, 0.1) is 5.02 Å². The van der Waals surface area contributed by atoms with Crippen LogP contribution in [0.5, 0.6) is 0 Å². The Kier molecular flexibility index (Phi) is 4.56. The molecule has 3 aromatic rings. The van der Waals surface area contributed by atoms with Crippen molar-refractivity contribution < 1.29 is 12.8 Å². The molecule has 136 valence electrons. The highest BCUT2D eigenvalue weighted by atomic mass is 35.5. The summed E-state index contributed by atoms with van der Waals surface area (Å²) in [7, 11) is -3.71.